The van der Waals surface area contributed by atoms with Crippen LogP contribution in [0.15, 0.2) is 24.4 Å². The van der Waals surface area contributed by atoms with Crippen molar-refractivity contribution in [1.29, 1.82) is 0 Å². The molecule has 3 aromatic rings. The van der Waals surface area contributed by atoms with Crippen LogP contribution in [0.5, 0.6) is 0 Å². The zero-order valence-corrected chi connectivity index (χ0v) is 17.7. The van der Waals surface area contributed by atoms with Crippen LogP contribution in [-0.2, 0) is 7.05 Å². The summed E-state index contributed by atoms with van der Waals surface area (Å²) in [7, 11) is 1.76. The number of amides is 1. The Morgan fingerprint density at radius 3 is 2.74 bits per heavy atom. The van der Waals surface area contributed by atoms with Crippen molar-refractivity contribution in [1.82, 2.24) is 14.8 Å². The number of anilines is 3. The Kier molecular flexibility index (Phi) is 5.88. The zero-order valence-electron chi connectivity index (χ0n) is 16.9. The molecule has 1 aromatic carbocycles. The predicted octanol–water partition coefficient (Wildman–Crippen LogP) is 3.34. The fourth-order valence-electron chi connectivity index (χ4n) is 3.74. The smallest absolute Gasteiger partial charge is 0.277 e. The predicted molar refractivity (Wildman–Crippen MR) is 117 cm³/mol. The van der Waals surface area contributed by atoms with E-state index < -0.39 is 17.5 Å². The molecule has 0 spiro atoms. The molecular weight excluding hydrogens is 424 g/mol. The maximum absolute atomic E-state index is 14.1. The van der Waals surface area contributed by atoms with Gasteiger partial charge in [0.15, 0.2) is 5.69 Å². The van der Waals surface area contributed by atoms with Crippen molar-refractivity contribution in [3.8, 4) is 10.6 Å². The van der Waals surface area contributed by atoms with Gasteiger partial charge in [-0.15, -0.1) is 0 Å². The number of nitrogen functional groups attached to an aromatic ring is 1. The number of hydrogen-bond donors (Lipinski definition) is 4. The molecule has 164 valence electrons. The fourth-order valence-corrected chi connectivity index (χ4v) is 4.61. The summed E-state index contributed by atoms with van der Waals surface area (Å²) >= 11 is 0.848. The summed E-state index contributed by atoms with van der Waals surface area (Å²) in [6.45, 7) is 0. The molecule has 8 nitrogen and oxygen atoms in total. The van der Waals surface area contributed by atoms with Gasteiger partial charge < -0.3 is 22.1 Å². The number of aromatic nitrogens is 3. The lowest BCUT2D eigenvalue weighted by molar-refractivity contribution is 0.102. The van der Waals surface area contributed by atoms with E-state index in [0.717, 1.165) is 49.2 Å². The Morgan fingerprint density at radius 1 is 1.29 bits per heavy atom. The second kappa shape index (κ2) is 8.60. The monoisotopic (exact) mass is 447 g/mol. The minimum Gasteiger partial charge on any atom is -0.389 e. The lowest BCUT2D eigenvalue weighted by Crippen LogP contribution is -2.35. The molecular formula is C20H23F2N7OS. The van der Waals surface area contributed by atoms with Crippen LogP contribution in [0.25, 0.3) is 10.6 Å². The van der Waals surface area contributed by atoms with Crippen LogP contribution in [0.2, 0.25) is 0 Å². The van der Waals surface area contributed by atoms with Crippen molar-refractivity contribution < 1.29 is 13.6 Å². The van der Waals surface area contributed by atoms with Crippen LogP contribution < -0.4 is 22.1 Å². The van der Waals surface area contributed by atoms with E-state index in [1.165, 1.54) is 12.3 Å². The third-order valence-corrected chi connectivity index (χ3v) is 6.19. The van der Waals surface area contributed by atoms with E-state index in [1.54, 1.807) is 11.7 Å². The van der Waals surface area contributed by atoms with Crippen LogP contribution in [-0.4, -0.2) is 32.8 Å². The average Bonchev–Trinajstić information content (AvgIpc) is 3.25. The minimum absolute atomic E-state index is 0.000946. The molecule has 1 saturated carbocycles. The molecule has 2 heterocycles. The van der Waals surface area contributed by atoms with Gasteiger partial charge in [0.25, 0.3) is 5.91 Å². The highest BCUT2D eigenvalue weighted by atomic mass is 32.1. The van der Waals surface area contributed by atoms with Gasteiger partial charge in [-0.05, 0) is 37.8 Å². The molecule has 31 heavy (non-hydrogen) atoms. The maximum atomic E-state index is 14.1. The van der Waals surface area contributed by atoms with Gasteiger partial charge in [-0.1, -0.05) is 17.4 Å². The van der Waals surface area contributed by atoms with Crippen LogP contribution >= 0.6 is 11.3 Å². The van der Waals surface area contributed by atoms with Gasteiger partial charge in [0.1, 0.15) is 33.1 Å². The molecule has 6 N–H and O–H groups in total. The molecule has 0 aliphatic heterocycles. The average molecular weight is 448 g/mol. The summed E-state index contributed by atoms with van der Waals surface area (Å²) in [4.78, 5) is 16.9. The molecule has 0 radical (unpaired) electrons. The van der Waals surface area contributed by atoms with E-state index in [4.69, 9.17) is 11.5 Å². The Hall–Kier alpha value is -3.05. The number of thiazole rings is 1. The lowest BCUT2D eigenvalue weighted by Gasteiger charge is -2.28. The first-order chi connectivity index (χ1) is 14.8. The number of rotatable bonds is 5. The highest BCUT2D eigenvalue weighted by Gasteiger charge is 2.24. The number of nitrogens with zero attached hydrogens (tertiary/aromatic N) is 3. The van der Waals surface area contributed by atoms with Crippen molar-refractivity contribution in [2.24, 2.45) is 12.8 Å². The summed E-state index contributed by atoms with van der Waals surface area (Å²) in [6.07, 6.45) is 5.35. The van der Waals surface area contributed by atoms with Crippen LogP contribution in [0.1, 0.15) is 36.2 Å². The van der Waals surface area contributed by atoms with Gasteiger partial charge in [-0.25, -0.2) is 13.8 Å². The molecule has 11 heteroatoms. The zero-order chi connectivity index (χ0) is 22.1. The normalized spacial score (nSPS) is 18.7. The van der Waals surface area contributed by atoms with Gasteiger partial charge in [0.05, 0.1) is 11.8 Å². The van der Waals surface area contributed by atoms with E-state index in [-0.39, 0.29) is 33.3 Å². The molecule has 0 saturated heterocycles. The van der Waals surface area contributed by atoms with Gasteiger partial charge in [0.2, 0.25) is 0 Å². The van der Waals surface area contributed by atoms with Crippen LogP contribution in [0, 0.1) is 11.6 Å². The van der Waals surface area contributed by atoms with E-state index in [1.807, 2.05) is 0 Å². The molecule has 1 amide bonds. The van der Waals surface area contributed by atoms with E-state index in [0.29, 0.717) is 11.5 Å². The van der Waals surface area contributed by atoms with Crippen molar-refractivity contribution in [2.45, 2.75) is 37.8 Å². The number of nitrogens with two attached hydrogens (primary N) is 2. The molecule has 1 fully saturated rings. The topological polar surface area (TPSA) is 124 Å². The molecule has 1 aliphatic carbocycles. The number of carbonyl (C=O) groups is 1. The fraction of sp³-hybridized carbons (Fsp3) is 0.350. The summed E-state index contributed by atoms with van der Waals surface area (Å²) in [5.41, 5.74) is 12.1. The highest BCUT2D eigenvalue weighted by Crippen LogP contribution is 2.34. The number of carbonyl (C=O) groups excluding carboxylic acids is 1. The number of aryl methyl sites for hydroxylation is 1. The summed E-state index contributed by atoms with van der Waals surface area (Å²) < 4.78 is 29.8. The van der Waals surface area contributed by atoms with Crippen LogP contribution in [0.3, 0.4) is 0 Å². The SMILES string of the molecule is Cn1ncc(NC(=O)c2nc(-c3c(F)cccc3F)sc2N)c1N[C@@H]1CCC[C@H](N)C1. The number of nitrogens with one attached hydrogen (secondary N) is 2. The van der Waals surface area contributed by atoms with Crippen molar-refractivity contribution in [3.05, 3.63) is 41.7 Å². The molecule has 2 atom stereocenters. The Morgan fingerprint density at radius 2 is 2.03 bits per heavy atom. The van der Waals surface area contributed by atoms with E-state index in [9.17, 15) is 13.6 Å². The first-order valence-electron chi connectivity index (χ1n) is 9.89. The summed E-state index contributed by atoms with van der Waals surface area (Å²) in [5.74, 6) is -1.50. The number of hydrogen-bond acceptors (Lipinski definition) is 7. The second-order valence-electron chi connectivity index (χ2n) is 7.58. The van der Waals surface area contributed by atoms with Crippen LogP contribution in [0.4, 0.5) is 25.3 Å². The maximum Gasteiger partial charge on any atom is 0.277 e. The second-order valence-corrected chi connectivity index (χ2v) is 8.61. The molecule has 4 rings (SSSR count). The summed E-state index contributed by atoms with van der Waals surface area (Å²) in [6, 6.07) is 3.83. The van der Waals surface area contributed by atoms with Crippen molar-refractivity contribution >= 4 is 33.8 Å². The number of benzene rings is 1. The third kappa shape index (κ3) is 4.37. The molecule has 0 unspecified atom stereocenters. The van der Waals surface area contributed by atoms with Gasteiger partial charge in [-0.2, -0.15) is 5.10 Å². The molecule has 2 aromatic heterocycles. The van der Waals surface area contributed by atoms with Gasteiger partial charge >= 0.3 is 0 Å². The minimum atomic E-state index is -0.773. The first-order valence-corrected chi connectivity index (χ1v) is 10.7. The Bertz CT molecular complexity index is 1090. The quantitative estimate of drug-likeness (QED) is 0.476. The van der Waals surface area contributed by atoms with Crippen molar-refractivity contribution in [3.63, 3.8) is 0 Å². The molecule has 0 bridgehead atoms. The van der Waals surface area contributed by atoms with Gasteiger partial charge in [-0.3, -0.25) is 9.48 Å². The standard InChI is InChI=1S/C20H23F2N7OS/c1-29-18(26-11-5-2-4-10(23)8-11)14(9-25-29)27-19(30)16-17(24)31-20(28-16)15-12(21)6-3-7-13(15)22/h3,6-7,9-11,26H,2,4-5,8,23-24H2,1H3,(H,27,30)/t10-,11+/m0/s1. The number of halogens is 2. The highest BCUT2D eigenvalue weighted by molar-refractivity contribution is 7.19. The lowest BCUT2D eigenvalue weighted by atomic mass is 9.91. The largest absolute Gasteiger partial charge is 0.389 e. The van der Waals surface area contributed by atoms with Crippen molar-refractivity contribution in [2.75, 3.05) is 16.4 Å². The Balaban J connectivity index is 1.55. The van der Waals surface area contributed by atoms with Gasteiger partial charge in [0, 0.05) is 19.1 Å². The first kappa shape index (κ1) is 21.2. The third-order valence-electron chi connectivity index (χ3n) is 5.29. The van der Waals surface area contributed by atoms with E-state index in [2.05, 4.69) is 20.7 Å². The molecule has 1 aliphatic rings. The van der Waals surface area contributed by atoms with E-state index >= 15 is 0 Å². The summed E-state index contributed by atoms with van der Waals surface area (Å²) in [5, 5.41) is 10.4. The Labute approximate surface area is 181 Å².